The molecule has 2 amide bonds. The van der Waals surface area contributed by atoms with Crippen molar-refractivity contribution in [2.24, 2.45) is 5.92 Å². The molecule has 0 aliphatic carbocycles. The number of carbonyl (C=O) groups is 2. The monoisotopic (exact) mass is 351 g/mol. The molecule has 3 heterocycles. The van der Waals surface area contributed by atoms with Crippen molar-refractivity contribution >= 4 is 11.8 Å². The van der Waals surface area contributed by atoms with E-state index in [1.54, 1.807) is 41.3 Å². The van der Waals surface area contributed by atoms with Crippen LogP contribution in [-0.4, -0.2) is 40.9 Å². The normalized spacial score (nSPS) is 21.0. The number of benzene rings is 1. The van der Waals surface area contributed by atoms with Crippen molar-refractivity contribution < 1.29 is 9.59 Å². The number of hydrogen-bond donors (Lipinski definition) is 1. The highest BCUT2D eigenvalue weighted by atomic mass is 16.2. The lowest BCUT2D eigenvalue weighted by molar-refractivity contribution is -0.133. The van der Waals surface area contributed by atoms with Crippen LogP contribution in [0, 0.1) is 5.92 Å². The molecule has 26 heavy (non-hydrogen) atoms. The summed E-state index contributed by atoms with van der Waals surface area (Å²) in [5, 5.41) is 2.69. The minimum atomic E-state index is -0.252. The summed E-state index contributed by atoms with van der Waals surface area (Å²) < 4.78 is 1.83. The number of carbonyl (C=O) groups excluding carboxylic acids is 2. The first-order chi connectivity index (χ1) is 12.6. The molecule has 1 aromatic carbocycles. The Morgan fingerprint density at radius 2 is 1.85 bits per heavy atom. The number of hydrogen-bond acceptors (Lipinski definition) is 3. The lowest BCUT2D eigenvalue weighted by Crippen LogP contribution is -2.52. The Labute approximate surface area is 151 Å². The Balaban J connectivity index is 1.42. The second kappa shape index (κ2) is 6.78. The third-order valence-corrected chi connectivity index (χ3v) is 5.24. The molecule has 2 bridgehead atoms. The fourth-order valence-corrected chi connectivity index (χ4v) is 4.09. The highest BCUT2D eigenvalue weighted by Gasteiger charge is 2.35. The summed E-state index contributed by atoms with van der Waals surface area (Å²) >= 11 is 0. The van der Waals surface area contributed by atoms with E-state index in [0.29, 0.717) is 24.6 Å². The highest BCUT2D eigenvalue weighted by molar-refractivity contribution is 5.96. The molecule has 1 N–H and O–H groups in total. The average Bonchev–Trinajstić information content (AvgIpc) is 2.66. The average molecular weight is 351 g/mol. The van der Waals surface area contributed by atoms with Crippen LogP contribution in [0.4, 0.5) is 0 Å². The summed E-state index contributed by atoms with van der Waals surface area (Å²) in [5.41, 5.74) is 1.59. The summed E-state index contributed by atoms with van der Waals surface area (Å²) in [4.78, 5) is 38.7. The molecule has 1 saturated heterocycles. The zero-order valence-corrected chi connectivity index (χ0v) is 14.4. The molecule has 1 fully saturated rings. The summed E-state index contributed by atoms with van der Waals surface area (Å²) in [7, 11) is 0. The van der Waals surface area contributed by atoms with Gasteiger partial charge in [-0.05, 0) is 37.0 Å². The minimum Gasteiger partial charge on any atom is -0.343 e. The molecule has 134 valence electrons. The smallest absolute Gasteiger partial charge is 0.251 e. The van der Waals surface area contributed by atoms with Gasteiger partial charge in [-0.3, -0.25) is 14.4 Å². The molecule has 0 spiro atoms. The maximum absolute atomic E-state index is 12.6. The van der Waals surface area contributed by atoms with Crippen molar-refractivity contribution in [2.45, 2.75) is 18.9 Å². The fraction of sp³-hybridized carbons (Fsp3) is 0.350. The SMILES string of the molecule is O=C(NCC(=O)N1C[C@@H]2Cc3cccc(=O)n3[C@@H](C2)C1)c1ccccc1. The molecule has 2 aliphatic heterocycles. The van der Waals surface area contributed by atoms with Gasteiger partial charge in [0.1, 0.15) is 0 Å². The van der Waals surface area contributed by atoms with Crippen LogP contribution in [-0.2, 0) is 11.2 Å². The molecule has 6 heteroatoms. The Kier molecular flexibility index (Phi) is 4.32. The predicted molar refractivity (Wildman–Crippen MR) is 96.9 cm³/mol. The van der Waals surface area contributed by atoms with Gasteiger partial charge < -0.3 is 14.8 Å². The van der Waals surface area contributed by atoms with Gasteiger partial charge in [0.25, 0.3) is 11.5 Å². The summed E-state index contributed by atoms with van der Waals surface area (Å²) in [6.45, 7) is 1.18. The van der Waals surface area contributed by atoms with E-state index >= 15 is 0 Å². The van der Waals surface area contributed by atoms with Crippen LogP contribution in [0.5, 0.6) is 0 Å². The van der Waals surface area contributed by atoms with Gasteiger partial charge in [-0.2, -0.15) is 0 Å². The van der Waals surface area contributed by atoms with E-state index in [-0.39, 0.29) is 30.0 Å². The zero-order valence-electron chi connectivity index (χ0n) is 14.4. The van der Waals surface area contributed by atoms with Gasteiger partial charge in [-0.1, -0.05) is 24.3 Å². The first-order valence-corrected chi connectivity index (χ1v) is 8.93. The zero-order chi connectivity index (χ0) is 18.1. The summed E-state index contributed by atoms with van der Waals surface area (Å²) in [5.74, 6) is 0.0125. The van der Waals surface area contributed by atoms with E-state index in [1.165, 1.54) is 0 Å². The van der Waals surface area contributed by atoms with Crippen molar-refractivity contribution in [2.75, 3.05) is 19.6 Å². The van der Waals surface area contributed by atoms with E-state index in [9.17, 15) is 14.4 Å². The lowest BCUT2D eigenvalue weighted by Gasteiger charge is -2.43. The summed E-state index contributed by atoms with van der Waals surface area (Å²) in [6, 6.07) is 14.3. The predicted octanol–water partition coefficient (Wildman–Crippen LogP) is 1.22. The van der Waals surface area contributed by atoms with Crippen LogP contribution in [0.25, 0.3) is 0 Å². The van der Waals surface area contributed by atoms with Crippen molar-refractivity contribution in [3.8, 4) is 0 Å². The third kappa shape index (κ3) is 3.14. The van der Waals surface area contributed by atoms with E-state index in [2.05, 4.69) is 5.32 Å². The molecule has 4 rings (SSSR count). The molecular formula is C20H21N3O3. The second-order valence-corrected chi connectivity index (χ2v) is 7.03. The van der Waals surface area contributed by atoms with Crippen molar-refractivity contribution in [3.63, 3.8) is 0 Å². The van der Waals surface area contributed by atoms with Crippen LogP contribution in [0.1, 0.15) is 28.5 Å². The van der Waals surface area contributed by atoms with Crippen molar-refractivity contribution in [1.82, 2.24) is 14.8 Å². The third-order valence-electron chi connectivity index (χ3n) is 5.24. The highest BCUT2D eigenvalue weighted by Crippen LogP contribution is 2.32. The molecule has 2 aromatic rings. The molecule has 0 saturated carbocycles. The molecule has 6 nitrogen and oxygen atoms in total. The van der Waals surface area contributed by atoms with Crippen LogP contribution in [0.2, 0.25) is 0 Å². The van der Waals surface area contributed by atoms with Gasteiger partial charge in [0.2, 0.25) is 5.91 Å². The molecule has 0 radical (unpaired) electrons. The number of rotatable bonds is 3. The van der Waals surface area contributed by atoms with Crippen molar-refractivity contribution in [3.05, 3.63) is 70.1 Å². The van der Waals surface area contributed by atoms with E-state index in [1.807, 2.05) is 16.7 Å². The summed E-state index contributed by atoms with van der Waals surface area (Å²) in [6.07, 6.45) is 1.74. The number of fused-ring (bicyclic) bond motifs is 4. The number of piperidine rings is 1. The van der Waals surface area contributed by atoms with Gasteiger partial charge in [-0.25, -0.2) is 0 Å². The van der Waals surface area contributed by atoms with E-state index in [4.69, 9.17) is 0 Å². The Bertz CT molecular complexity index is 891. The number of nitrogens with zero attached hydrogens (tertiary/aromatic N) is 2. The van der Waals surface area contributed by atoms with Crippen LogP contribution >= 0.6 is 0 Å². The van der Waals surface area contributed by atoms with Crippen LogP contribution in [0.3, 0.4) is 0 Å². The first kappa shape index (κ1) is 16.6. The van der Waals surface area contributed by atoms with Gasteiger partial charge in [0.15, 0.2) is 0 Å². The number of aromatic nitrogens is 1. The maximum Gasteiger partial charge on any atom is 0.251 e. The minimum absolute atomic E-state index is 0.00220. The molecule has 2 atom stereocenters. The first-order valence-electron chi connectivity index (χ1n) is 8.93. The maximum atomic E-state index is 12.6. The number of nitrogens with one attached hydrogen (secondary N) is 1. The topological polar surface area (TPSA) is 71.4 Å². The van der Waals surface area contributed by atoms with E-state index in [0.717, 1.165) is 18.5 Å². The van der Waals surface area contributed by atoms with Crippen LogP contribution in [0.15, 0.2) is 53.3 Å². The molecule has 2 aliphatic rings. The quantitative estimate of drug-likeness (QED) is 0.904. The largest absolute Gasteiger partial charge is 0.343 e. The van der Waals surface area contributed by atoms with E-state index < -0.39 is 0 Å². The number of amides is 2. The Morgan fingerprint density at radius 3 is 2.65 bits per heavy atom. The van der Waals surface area contributed by atoms with Crippen molar-refractivity contribution in [1.29, 1.82) is 0 Å². The second-order valence-electron chi connectivity index (χ2n) is 7.03. The Morgan fingerprint density at radius 1 is 1.04 bits per heavy atom. The Hall–Kier alpha value is -2.89. The number of pyridine rings is 1. The van der Waals surface area contributed by atoms with Gasteiger partial charge in [0, 0.05) is 30.4 Å². The molecule has 0 unspecified atom stereocenters. The molecule has 1 aromatic heterocycles. The van der Waals surface area contributed by atoms with Crippen LogP contribution < -0.4 is 10.9 Å². The standard InChI is InChI=1S/C20H21N3O3/c24-18-8-4-7-16-9-14-10-17(23(16)18)13-22(12-14)19(25)11-21-20(26)15-5-2-1-3-6-15/h1-8,14,17H,9-13H2,(H,21,26)/t14-,17+/m1/s1. The van der Waals surface area contributed by atoms with Gasteiger partial charge in [0.05, 0.1) is 12.6 Å². The van der Waals surface area contributed by atoms with Gasteiger partial charge >= 0.3 is 0 Å². The number of likely N-dealkylation sites (tertiary alicyclic amines) is 1. The van der Waals surface area contributed by atoms with Gasteiger partial charge in [-0.15, -0.1) is 0 Å². The lowest BCUT2D eigenvalue weighted by atomic mass is 9.86. The fourth-order valence-electron chi connectivity index (χ4n) is 4.09. The molecular weight excluding hydrogens is 330 g/mol.